The summed E-state index contributed by atoms with van der Waals surface area (Å²) < 4.78 is 42.4. The van der Waals surface area contributed by atoms with Crippen molar-refractivity contribution < 1.29 is 27.8 Å². The lowest BCUT2D eigenvalue weighted by Gasteiger charge is -2.06. The van der Waals surface area contributed by atoms with Crippen molar-refractivity contribution in [3.63, 3.8) is 0 Å². The first kappa shape index (κ1) is 21.8. The summed E-state index contributed by atoms with van der Waals surface area (Å²) in [6, 6.07) is 6.71. The lowest BCUT2D eigenvalue weighted by atomic mass is 10.1. The van der Waals surface area contributed by atoms with Gasteiger partial charge in [-0.25, -0.2) is 19.8 Å². The number of aliphatic hydroxyl groups excluding tert-OH is 1. The van der Waals surface area contributed by atoms with Crippen LogP contribution in [-0.4, -0.2) is 38.8 Å². The Labute approximate surface area is 174 Å². The topological polar surface area (TPSA) is 110 Å². The monoisotopic (exact) mass is 431 g/mol. The molecule has 0 aliphatic rings. The quantitative estimate of drug-likeness (QED) is 0.440. The molecule has 3 aromatic rings. The first-order valence-corrected chi connectivity index (χ1v) is 8.87. The molecule has 11 heteroatoms. The number of hydrogen-bond acceptors (Lipinski definition) is 7. The molecule has 0 aliphatic heterocycles. The van der Waals surface area contributed by atoms with Gasteiger partial charge in [-0.05, 0) is 30.7 Å². The number of halogens is 3. The Hall–Kier alpha value is -3.86. The van der Waals surface area contributed by atoms with E-state index in [0.717, 1.165) is 6.21 Å². The van der Waals surface area contributed by atoms with Gasteiger partial charge >= 0.3 is 6.61 Å². The minimum absolute atomic E-state index is 0.0794. The highest BCUT2D eigenvalue weighted by molar-refractivity contribution is 5.93. The maximum absolute atomic E-state index is 13.9. The number of benzene rings is 1. The number of hydrazone groups is 1. The standard InChI is InChI=1S/C20H16F3N5O3/c1-11(29)12-2-4-15(21)14(6-12)8-26-28-19(30)17-10-24-9-16(27-17)13-3-5-18(25-7-13)31-20(22)23/h2-11,20,29H,1H3,(H,28,30)/b26-8+. The number of aliphatic hydroxyl groups is 1. The van der Waals surface area contributed by atoms with Crippen LogP contribution in [-0.2, 0) is 0 Å². The van der Waals surface area contributed by atoms with Gasteiger partial charge in [-0.2, -0.15) is 13.9 Å². The van der Waals surface area contributed by atoms with Crippen LogP contribution in [0.25, 0.3) is 11.3 Å². The Morgan fingerprint density at radius 1 is 1.23 bits per heavy atom. The number of alkyl halides is 2. The Morgan fingerprint density at radius 2 is 2.03 bits per heavy atom. The molecule has 31 heavy (non-hydrogen) atoms. The fraction of sp³-hybridized carbons (Fsp3) is 0.150. The third-order valence-corrected chi connectivity index (χ3v) is 3.98. The molecule has 1 unspecified atom stereocenters. The zero-order chi connectivity index (χ0) is 22.4. The SMILES string of the molecule is CC(O)c1ccc(F)c(/C=N/NC(=O)c2cncc(-c3ccc(OC(F)F)nc3)n2)c1. The molecular weight excluding hydrogens is 415 g/mol. The van der Waals surface area contributed by atoms with Crippen LogP contribution in [0.5, 0.6) is 5.88 Å². The fourth-order valence-corrected chi connectivity index (χ4v) is 2.45. The molecule has 2 aromatic heterocycles. The Morgan fingerprint density at radius 3 is 2.71 bits per heavy atom. The van der Waals surface area contributed by atoms with Gasteiger partial charge in [0.25, 0.3) is 5.91 Å². The largest absolute Gasteiger partial charge is 0.417 e. The van der Waals surface area contributed by atoms with Crippen molar-refractivity contribution in [3.8, 4) is 17.1 Å². The summed E-state index contributed by atoms with van der Waals surface area (Å²) >= 11 is 0. The van der Waals surface area contributed by atoms with E-state index >= 15 is 0 Å². The zero-order valence-corrected chi connectivity index (χ0v) is 16.0. The van der Waals surface area contributed by atoms with Crippen molar-refractivity contribution in [2.75, 3.05) is 0 Å². The van der Waals surface area contributed by atoms with E-state index in [1.165, 1.54) is 55.8 Å². The number of ether oxygens (including phenoxy) is 1. The molecule has 0 spiro atoms. The van der Waals surface area contributed by atoms with Crippen molar-refractivity contribution in [3.05, 3.63) is 71.6 Å². The lowest BCUT2D eigenvalue weighted by molar-refractivity contribution is -0.0528. The molecule has 2 N–H and O–H groups in total. The molecule has 1 aromatic carbocycles. The van der Waals surface area contributed by atoms with E-state index in [-0.39, 0.29) is 22.8 Å². The predicted octanol–water partition coefficient (Wildman–Crippen LogP) is 3.10. The van der Waals surface area contributed by atoms with Crippen LogP contribution < -0.4 is 10.2 Å². The van der Waals surface area contributed by atoms with Gasteiger partial charge in [0.2, 0.25) is 5.88 Å². The molecule has 0 saturated carbocycles. The van der Waals surface area contributed by atoms with Crippen LogP contribution in [0.3, 0.4) is 0 Å². The summed E-state index contributed by atoms with van der Waals surface area (Å²) in [6.45, 7) is -1.45. The summed E-state index contributed by atoms with van der Waals surface area (Å²) in [5, 5.41) is 13.3. The van der Waals surface area contributed by atoms with E-state index in [1.54, 1.807) is 0 Å². The molecule has 0 saturated heterocycles. The Kier molecular flexibility index (Phi) is 6.88. The highest BCUT2D eigenvalue weighted by Crippen LogP contribution is 2.19. The highest BCUT2D eigenvalue weighted by atomic mass is 19.3. The molecule has 3 rings (SSSR count). The molecule has 2 heterocycles. The average Bonchev–Trinajstić information content (AvgIpc) is 2.75. The average molecular weight is 431 g/mol. The number of nitrogens with zero attached hydrogens (tertiary/aromatic N) is 4. The van der Waals surface area contributed by atoms with Crippen LogP contribution in [0.15, 0.2) is 54.0 Å². The van der Waals surface area contributed by atoms with Gasteiger partial charge in [0.15, 0.2) is 0 Å². The number of rotatable bonds is 7. The minimum atomic E-state index is -2.99. The number of aromatic nitrogens is 3. The minimum Gasteiger partial charge on any atom is -0.417 e. The normalized spacial score (nSPS) is 12.2. The number of pyridine rings is 1. The van der Waals surface area contributed by atoms with Crippen molar-refractivity contribution >= 4 is 12.1 Å². The second-order valence-electron chi connectivity index (χ2n) is 6.21. The molecule has 0 bridgehead atoms. The van der Waals surface area contributed by atoms with E-state index in [4.69, 9.17) is 0 Å². The number of nitrogens with one attached hydrogen (secondary N) is 1. The first-order valence-electron chi connectivity index (χ1n) is 8.87. The molecule has 0 fully saturated rings. The second-order valence-corrected chi connectivity index (χ2v) is 6.21. The van der Waals surface area contributed by atoms with Gasteiger partial charge in [-0.15, -0.1) is 0 Å². The Bertz CT molecular complexity index is 1090. The van der Waals surface area contributed by atoms with E-state index < -0.39 is 24.4 Å². The molecule has 160 valence electrons. The van der Waals surface area contributed by atoms with Crippen molar-refractivity contribution in [2.45, 2.75) is 19.6 Å². The van der Waals surface area contributed by atoms with Crippen molar-refractivity contribution in [1.29, 1.82) is 0 Å². The second kappa shape index (κ2) is 9.76. The molecular formula is C20H16F3N5O3. The molecule has 1 amide bonds. The number of hydrogen-bond donors (Lipinski definition) is 2. The number of carbonyl (C=O) groups is 1. The van der Waals surface area contributed by atoms with E-state index in [2.05, 4.69) is 30.2 Å². The Balaban J connectivity index is 1.71. The maximum Gasteiger partial charge on any atom is 0.388 e. The summed E-state index contributed by atoms with van der Waals surface area (Å²) in [5.74, 6) is -1.54. The van der Waals surface area contributed by atoms with Crippen molar-refractivity contribution in [1.82, 2.24) is 20.4 Å². The third kappa shape index (κ3) is 5.82. The molecule has 1 atom stereocenters. The van der Waals surface area contributed by atoms with Gasteiger partial charge in [0.1, 0.15) is 11.5 Å². The van der Waals surface area contributed by atoms with Gasteiger partial charge in [-0.1, -0.05) is 6.07 Å². The molecule has 8 nitrogen and oxygen atoms in total. The third-order valence-electron chi connectivity index (χ3n) is 3.98. The van der Waals surface area contributed by atoms with E-state index in [0.29, 0.717) is 11.1 Å². The van der Waals surface area contributed by atoms with E-state index in [1.807, 2.05) is 0 Å². The van der Waals surface area contributed by atoms with Crippen LogP contribution in [0.1, 0.15) is 34.6 Å². The number of carbonyl (C=O) groups excluding carboxylic acids is 1. The first-order chi connectivity index (χ1) is 14.8. The van der Waals surface area contributed by atoms with Gasteiger partial charge in [0.05, 0.1) is 30.4 Å². The van der Waals surface area contributed by atoms with E-state index in [9.17, 15) is 23.1 Å². The van der Waals surface area contributed by atoms with Gasteiger partial charge < -0.3 is 9.84 Å². The molecule has 0 aliphatic carbocycles. The van der Waals surface area contributed by atoms with Gasteiger partial charge in [0, 0.05) is 23.4 Å². The highest BCUT2D eigenvalue weighted by Gasteiger charge is 2.11. The summed E-state index contributed by atoms with van der Waals surface area (Å²) in [7, 11) is 0. The maximum atomic E-state index is 13.9. The predicted molar refractivity (Wildman–Crippen MR) is 104 cm³/mol. The summed E-state index contributed by atoms with van der Waals surface area (Å²) in [6.07, 6.45) is 4.12. The van der Waals surface area contributed by atoms with Crippen LogP contribution in [0.2, 0.25) is 0 Å². The van der Waals surface area contributed by atoms with Crippen LogP contribution in [0.4, 0.5) is 13.2 Å². The lowest BCUT2D eigenvalue weighted by Crippen LogP contribution is -2.19. The molecule has 0 radical (unpaired) electrons. The smallest absolute Gasteiger partial charge is 0.388 e. The fourth-order valence-electron chi connectivity index (χ4n) is 2.45. The van der Waals surface area contributed by atoms with Crippen LogP contribution in [0, 0.1) is 5.82 Å². The summed E-state index contributed by atoms with van der Waals surface area (Å²) in [4.78, 5) is 24.1. The zero-order valence-electron chi connectivity index (χ0n) is 16.0. The van der Waals surface area contributed by atoms with Gasteiger partial charge in [-0.3, -0.25) is 9.78 Å². The van der Waals surface area contributed by atoms with Crippen LogP contribution >= 0.6 is 0 Å². The summed E-state index contributed by atoms with van der Waals surface area (Å²) in [5.41, 5.74) is 3.39. The van der Waals surface area contributed by atoms with Crippen molar-refractivity contribution in [2.24, 2.45) is 5.10 Å². The number of amides is 1.